The zero-order valence-electron chi connectivity index (χ0n) is 13.5. The third-order valence-electron chi connectivity index (χ3n) is 3.86. The van der Waals surface area contributed by atoms with Gasteiger partial charge in [0.05, 0.1) is 0 Å². The number of carbonyl (C=O) groups is 3. The third-order valence-corrected chi connectivity index (χ3v) is 3.86. The van der Waals surface area contributed by atoms with E-state index in [1.54, 1.807) is 18.5 Å². The second-order valence-electron chi connectivity index (χ2n) is 6.01. The fraction of sp³-hybridized carbons (Fsp3) is 0.643. The zero-order valence-corrected chi connectivity index (χ0v) is 13.5. The van der Waals surface area contributed by atoms with Crippen LogP contribution in [0, 0.1) is 5.92 Å². The van der Waals surface area contributed by atoms with Gasteiger partial charge in [0.25, 0.3) is 30.0 Å². The molecule has 0 aliphatic carbocycles. The Morgan fingerprint density at radius 1 is 1.32 bits per heavy atom. The van der Waals surface area contributed by atoms with Crippen LogP contribution < -0.4 is 5.32 Å². The number of hydrogen-bond donors (Lipinski definition) is 1. The van der Waals surface area contributed by atoms with Crippen LogP contribution in [0.4, 0.5) is 4.79 Å². The van der Waals surface area contributed by atoms with Crippen LogP contribution in [0.2, 0.25) is 0 Å². The molecule has 2 aliphatic heterocycles. The lowest BCUT2D eigenvalue weighted by Crippen LogP contribution is -2.63. The molecule has 8 nitrogen and oxygen atoms in total. The van der Waals surface area contributed by atoms with Crippen molar-refractivity contribution in [3.63, 3.8) is 0 Å². The minimum atomic E-state index is -0.729. The molecule has 2 heterocycles. The second-order valence-corrected chi connectivity index (χ2v) is 6.01. The predicted octanol–water partition coefficient (Wildman–Crippen LogP) is -0.508. The summed E-state index contributed by atoms with van der Waals surface area (Å²) in [6.07, 6.45) is 1.46. The smallest absolute Gasteiger partial charge is 0.333 e. The Hall–Kier alpha value is -2.25. The number of nitrogens with one attached hydrogen (secondary N) is 1. The molecule has 1 saturated heterocycles. The summed E-state index contributed by atoms with van der Waals surface area (Å²) in [5.41, 5.74) is 0. The quantitative estimate of drug-likeness (QED) is 0.710. The van der Waals surface area contributed by atoms with E-state index in [1.165, 1.54) is 18.3 Å². The summed E-state index contributed by atoms with van der Waals surface area (Å²) in [5.74, 6) is 0.156. The molecule has 0 spiro atoms. The van der Waals surface area contributed by atoms with E-state index in [2.05, 4.69) is 10.3 Å². The Labute approximate surface area is 129 Å². The number of aliphatic imine (C=N–C) groups is 1. The van der Waals surface area contributed by atoms with E-state index in [0.29, 0.717) is 18.3 Å². The maximum absolute atomic E-state index is 12.4. The SMILES string of the molecule is CC(C)CNC(=O)C(C)[N+]1=CN=C2C1C(=O)N(C)C(=O)N2C. The molecule has 22 heavy (non-hydrogen) atoms. The lowest BCUT2D eigenvalue weighted by Gasteiger charge is -2.31. The average Bonchev–Trinajstić information content (AvgIpc) is 2.92. The Balaban J connectivity index is 2.17. The summed E-state index contributed by atoms with van der Waals surface area (Å²) in [4.78, 5) is 43.0. The van der Waals surface area contributed by atoms with Crippen LogP contribution in [-0.2, 0) is 9.59 Å². The molecular weight excluding hydrogens is 286 g/mol. The first kappa shape index (κ1) is 16.1. The molecule has 2 unspecified atom stereocenters. The molecule has 120 valence electrons. The van der Waals surface area contributed by atoms with Crippen molar-refractivity contribution in [2.45, 2.75) is 32.9 Å². The first-order valence-electron chi connectivity index (χ1n) is 7.27. The fourth-order valence-electron chi connectivity index (χ4n) is 2.42. The highest BCUT2D eigenvalue weighted by molar-refractivity contribution is 6.21. The van der Waals surface area contributed by atoms with Gasteiger partial charge in [0.2, 0.25) is 0 Å². The van der Waals surface area contributed by atoms with Gasteiger partial charge in [-0.1, -0.05) is 13.8 Å². The van der Waals surface area contributed by atoms with E-state index < -0.39 is 18.1 Å². The minimum Gasteiger partial charge on any atom is -0.352 e. The molecule has 2 rings (SSSR count). The Morgan fingerprint density at radius 2 is 1.95 bits per heavy atom. The number of nitrogens with zero attached hydrogens (tertiary/aromatic N) is 4. The number of urea groups is 1. The van der Waals surface area contributed by atoms with Crippen molar-refractivity contribution >= 4 is 30.0 Å². The highest BCUT2D eigenvalue weighted by atomic mass is 16.2. The van der Waals surface area contributed by atoms with E-state index in [-0.39, 0.29) is 11.8 Å². The highest BCUT2D eigenvalue weighted by Crippen LogP contribution is 2.18. The van der Waals surface area contributed by atoms with Crippen molar-refractivity contribution in [2.75, 3.05) is 20.6 Å². The van der Waals surface area contributed by atoms with Crippen LogP contribution in [0.25, 0.3) is 0 Å². The summed E-state index contributed by atoms with van der Waals surface area (Å²) in [7, 11) is 3.00. The van der Waals surface area contributed by atoms with Gasteiger partial charge in [-0.15, -0.1) is 0 Å². The van der Waals surface area contributed by atoms with Gasteiger partial charge in [-0.3, -0.25) is 19.4 Å². The molecular formula is C14H22N5O3+. The molecule has 0 saturated carbocycles. The van der Waals surface area contributed by atoms with Crippen molar-refractivity contribution in [1.29, 1.82) is 0 Å². The van der Waals surface area contributed by atoms with Crippen molar-refractivity contribution in [3.05, 3.63) is 0 Å². The van der Waals surface area contributed by atoms with E-state index in [1.807, 2.05) is 13.8 Å². The Bertz CT molecular complexity index is 581. The van der Waals surface area contributed by atoms with E-state index in [0.717, 1.165) is 4.90 Å². The molecule has 8 heteroatoms. The summed E-state index contributed by atoms with van der Waals surface area (Å²) >= 11 is 0. The monoisotopic (exact) mass is 308 g/mol. The van der Waals surface area contributed by atoms with Gasteiger partial charge in [-0.05, 0) is 17.8 Å². The highest BCUT2D eigenvalue weighted by Gasteiger charge is 2.52. The number of amidine groups is 1. The molecule has 1 N–H and O–H groups in total. The summed E-state index contributed by atoms with van der Waals surface area (Å²) in [6.45, 7) is 6.30. The molecule has 0 aromatic rings. The van der Waals surface area contributed by atoms with Gasteiger partial charge in [-0.2, -0.15) is 0 Å². The molecule has 0 aromatic heterocycles. The van der Waals surface area contributed by atoms with E-state index in [4.69, 9.17) is 0 Å². The Kier molecular flexibility index (Phi) is 4.30. The number of hydrogen-bond acceptors (Lipinski definition) is 4. The van der Waals surface area contributed by atoms with Crippen molar-refractivity contribution in [2.24, 2.45) is 10.9 Å². The minimum absolute atomic E-state index is 0.170. The van der Waals surface area contributed by atoms with Crippen molar-refractivity contribution in [1.82, 2.24) is 15.1 Å². The number of amides is 4. The average molecular weight is 308 g/mol. The second kappa shape index (κ2) is 5.86. The molecule has 2 aliphatic rings. The van der Waals surface area contributed by atoms with Gasteiger partial charge < -0.3 is 5.32 Å². The third kappa shape index (κ3) is 2.60. The van der Waals surface area contributed by atoms with Gasteiger partial charge in [0.1, 0.15) is 0 Å². The predicted molar refractivity (Wildman–Crippen MR) is 80.8 cm³/mol. The first-order chi connectivity index (χ1) is 10.3. The number of rotatable bonds is 4. The first-order valence-corrected chi connectivity index (χ1v) is 7.27. The van der Waals surface area contributed by atoms with Gasteiger partial charge in [-0.25, -0.2) is 9.37 Å². The van der Waals surface area contributed by atoms with Gasteiger partial charge in [0, 0.05) is 20.6 Å². The lowest BCUT2D eigenvalue weighted by molar-refractivity contribution is -0.552. The Morgan fingerprint density at radius 3 is 2.55 bits per heavy atom. The zero-order chi connectivity index (χ0) is 16.6. The number of carbonyl (C=O) groups excluding carboxylic acids is 3. The number of imide groups is 1. The standard InChI is InChI=1S/C14H21N5O3/c1-8(2)6-15-12(20)9(3)19-7-16-11-10(19)13(21)18(5)14(22)17(11)4/h7-10H,6H2,1-5H3/p+1. The summed E-state index contributed by atoms with van der Waals surface area (Å²) < 4.78 is 1.59. The largest absolute Gasteiger partial charge is 0.352 e. The molecule has 1 fully saturated rings. The molecule has 0 radical (unpaired) electrons. The summed E-state index contributed by atoms with van der Waals surface area (Å²) in [5, 5.41) is 2.84. The number of likely N-dealkylation sites (N-methyl/N-ethyl adjacent to an activating group) is 2. The van der Waals surface area contributed by atoms with E-state index >= 15 is 0 Å². The van der Waals surface area contributed by atoms with E-state index in [9.17, 15) is 14.4 Å². The van der Waals surface area contributed by atoms with Crippen LogP contribution >= 0.6 is 0 Å². The molecule has 0 bridgehead atoms. The van der Waals surface area contributed by atoms with Crippen molar-refractivity contribution in [3.8, 4) is 0 Å². The van der Waals surface area contributed by atoms with Gasteiger partial charge in [0.15, 0.2) is 6.04 Å². The summed E-state index contributed by atoms with van der Waals surface area (Å²) in [6, 6.07) is -1.70. The molecule has 0 aromatic carbocycles. The van der Waals surface area contributed by atoms with Crippen LogP contribution in [-0.4, -0.2) is 77.1 Å². The maximum atomic E-state index is 12.4. The normalized spacial score (nSPS) is 22.5. The van der Waals surface area contributed by atoms with Crippen LogP contribution in [0.15, 0.2) is 4.99 Å². The number of fused-ring (bicyclic) bond motifs is 1. The van der Waals surface area contributed by atoms with Crippen LogP contribution in [0.1, 0.15) is 20.8 Å². The van der Waals surface area contributed by atoms with Crippen molar-refractivity contribution < 1.29 is 19.0 Å². The molecule has 2 atom stereocenters. The van der Waals surface area contributed by atoms with Crippen LogP contribution in [0.3, 0.4) is 0 Å². The molecule has 4 amide bonds. The van der Waals surface area contributed by atoms with Gasteiger partial charge >= 0.3 is 6.03 Å². The van der Waals surface area contributed by atoms with Crippen LogP contribution in [0.5, 0.6) is 0 Å². The lowest BCUT2D eigenvalue weighted by atomic mass is 10.1. The maximum Gasteiger partial charge on any atom is 0.333 e. The topological polar surface area (TPSA) is 85.1 Å². The fourth-order valence-corrected chi connectivity index (χ4v) is 2.42.